The third kappa shape index (κ3) is 2.59. The highest BCUT2D eigenvalue weighted by Crippen LogP contribution is 2.48. The number of nitrogens with two attached hydrogens (primary N) is 1. The first kappa shape index (κ1) is 12.4. The number of hydrogen-bond acceptors (Lipinski definition) is 4. The zero-order chi connectivity index (χ0) is 11.7. The molecule has 16 heavy (non-hydrogen) atoms. The van der Waals surface area contributed by atoms with Crippen molar-refractivity contribution >= 4 is 7.12 Å². The number of hydrogen-bond donors (Lipinski definition) is 4. The van der Waals surface area contributed by atoms with Crippen molar-refractivity contribution in [1.82, 2.24) is 0 Å². The van der Waals surface area contributed by atoms with Crippen LogP contribution in [0.25, 0.3) is 0 Å². The second kappa shape index (κ2) is 5.04. The van der Waals surface area contributed by atoms with Gasteiger partial charge in [0, 0.05) is 6.04 Å². The van der Waals surface area contributed by atoms with Crippen LogP contribution in [0.3, 0.4) is 0 Å². The normalized spacial score (nSPS) is 42.4. The Morgan fingerprint density at radius 2 is 1.94 bits per heavy atom. The van der Waals surface area contributed by atoms with Crippen LogP contribution < -0.4 is 5.73 Å². The maximum Gasteiger partial charge on any atom is 0.451 e. The van der Waals surface area contributed by atoms with Gasteiger partial charge in [-0.3, -0.25) is 0 Å². The molecule has 0 unspecified atom stereocenters. The Hall–Kier alpha value is -0.0951. The first-order chi connectivity index (χ1) is 7.58. The van der Waals surface area contributed by atoms with E-state index < -0.39 is 7.12 Å². The van der Waals surface area contributed by atoms with Crippen molar-refractivity contribution in [1.29, 1.82) is 0 Å². The standard InChI is InChI=1S/C11H22BNO3/c13-11-5-7-4-8(14)6-10(7)9(11)2-1-3-12(15)16/h7-11,14-16H,1-6,13H2/t7-,8-,9+,10-,11+/m1/s1. The SMILES string of the molecule is N[C@H]1C[C@H]2C[C@@H](O)C[C@H]2[C@@H]1CCCB(O)O. The van der Waals surface area contributed by atoms with E-state index in [0.717, 1.165) is 32.1 Å². The maximum atomic E-state index is 9.63. The third-order valence-corrected chi connectivity index (χ3v) is 4.40. The molecule has 5 N–H and O–H groups in total. The topological polar surface area (TPSA) is 86.7 Å². The van der Waals surface area contributed by atoms with E-state index in [0.29, 0.717) is 24.1 Å². The van der Waals surface area contributed by atoms with Crippen molar-refractivity contribution < 1.29 is 15.2 Å². The van der Waals surface area contributed by atoms with Crippen LogP contribution in [0.2, 0.25) is 6.32 Å². The summed E-state index contributed by atoms with van der Waals surface area (Å²) in [6.07, 6.45) is 4.93. The summed E-state index contributed by atoms with van der Waals surface area (Å²) >= 11 is 0. The summed E-state index contributed by atoms with van der Waals surface area (Å²) in [5.74, 6) is 1.65. The van der Waals surface area contributed by atoms with Gasteiger partial charge in [-0.05, 0) is 49.8 Å². The zero-order valence-corrected chi connectivity index (χ0v) is 9.63. The van der Waals surface area contributed by atoms with Crippen LogP contribution in [0.5, 0.6) is 0 Å². The van der Waals surface area contributed by atoms with Gasteiger partial charge in [-0.15, -0.1) is 0 Å². The zero-order valence-electron chi connectivity index (χ0n) is 9.63. The van der Waals surface area contributed by atoms with Gasteiger partial charge < -0.3 is 20.9 Å². The molecule has 2 fully saturated rings. The molecule has 92 valence electrons. The Morgan fingerprint density at radius 1 is 1.19 bits per heavy atom. The van der Waals surface area contributed by atoms with E-state index in [-0.39, 0.29) is 12.1 Å². The van der Waals surface area contributed by atoms with Gasteiger partial charge in [-0.1, -0.05) is 6.42 Å². The average molecular weight is 227 g/mol. The average Bonchev–Trinajstić information content (AvgIpc) is 2.64. The lowest BCUT2D eigenvalue weighted by Crippen LogP contribution is -2.28. The van der Waals surface area contributed by atoms with E-state index in [1.807, 2.05) is 0 Å². The van der Waals surface area contributed by atoms with Crippen molar-refractivity contribution in [3.63, 3.8) is 0 Å². The fourth-order valence-electron chi connectivity index (χ4n) is 3.73. The molecule has 0 saturated heterocycles. The Kier molecular flexibility index (Phi) is 3.90. The molecule has 2 rings (SSSR count). The molecule has 5 atom stereocenters. The minimum atomic E-state index is -1.19. The molecule has 0 aliphatic heterocycles. The van der Waals surface area contributed by atoms with Gasteiger partial charge in [0.1, 0.15) is 0 Å². The molecule has 4 nitrogen and oxygen atoms in total. The van der Waals surface area contributed by atoms with Crippen molar-refractivity contribution in [2.45, 2.75) is 50.6 Å². The van der Waals surface area contributed by atoms with Gasteiger partial charge in [0.25, 0.3) is 0 Å². The van der Waals surface area contributed by atoms with Crippen molar-refractivity contribution in [3.8, 4) is 0 Å². The second-order valence-electron chi connectivity index (χ2n) is 5.52. The molecule has 0 aromatic heterocycles. The molecule has 2 aliphatic rings. The molecule has 0 bridgehead atoms. The smallest absolute Gasteiger partial charge is 0.427 e. The summed E-state index contributed by atoms with van der Waals surface area (Å²) in [5, 5.41) is 27.2. The summed E-state index contributed by atoms with van der Waals surface area (Å²) in [6, 6.07) is 0.248. The van der Waals surface area contributed by atoms with Gasteiger partial charge >= 0.3 is 7.12 Å². The van der Waals surface area contributed by atoms with Crippen molar-refractivity contribution in [3.05, 3.63) is 0 Å². The molecule has 2 aliphatic carbocycles. The van der Waals surface area contributed by atoms with Crippen LogP contribution in [0.1, 0.15) is 32.1 Å². The van der Waals surface area contributed by atoms with Gasteiger partial charge in [0.15, 0.2) is 0 Å². The lowest BCUT2D eigenvalue weighted by Gasteiger charge is -2.21. The Morgan fingerprint density at radius 3 is 2.62 bits per heavy atom. The van der Waals surface area contributed by atoms with Crippen molar-refractivity contribution in [2.75, 3.05) is 0 Å². The summed E-state index contributed by atoms with van der Waals surface area (Å²) in [6.45, 7) is 0. The Balaban J connectivity index is 1.83. The number of aliphatic hydroxyl groups excluding tert-OH is 1. The molecule has 0 radical (unpaired) electrons. The van der Waals surface area contributed by atoms with Crippen LogP contribution in [0, 0.1) is 17.8 Å². The fraction of sp³-hybridized carbons (Fsp3) is 1.00. The molecular formula is C11H22BNO3. The van der Waals surface area contributed by atoms with E-state index in [9.17, 15) is 5.11 Å². The molecule has 2 saturated carbocycles. The van der Waals surface area contributed by atoms with Gasteiger partial charge in [0.2, 0.25) is 0 Å². The van der Waals surface area contributed by atoms with Gasteiger partial charge in [-0.25, -0.2) is 0 Å². The van der Waals surface area contributed by atoms with Crippen LogP contribution in [-0.4, -0.2) is 34.4 Å². The van der Waals surface area contributed by atoms with E-state index in [1.165, 1.54) is 0 Å². The number of rotatable bonds is 4. The minimum Gasteiger partial charge on any atom is -0.427 e. The maximum absolute atomic E-state index is 9.63. The first-order valence-electron chi connectivity index (χ1n) is 6.37. The van der Waals surface area contributed by atoms with Crippen molar-refractivity contribution in [2.24, 2.45) is 23.5 Å². The van der Waals surface area contributed by atoms with Gasteiger partial charge in [0.05, 0.1) is 6.10 Å². The van der Waals surface area contributed by atoms with Crippen LogP contribution in [0.15, 0.2) is 0 Å². The number of aliphatic hydroxyl groups is 1. The van der Waals surface area contributed by atoms with Crippen LogP contribution in [0.4, 0.5) is 0 Å². The number of fused-ring (bicyclic) bond motifs is 1. The van der Waals surface area contributed by atoms with E-state index in [2.05, 4.69) is 0 Å². The van der Waals surface area contributed by atoms with E-state index in [4.69, 9.17) is 15.8 Å². The fourth-order valence-corrected chi connectivity index (χ4v) is 3.73. The molecule has 0 amide bonds. The van der Waals surface area contributed by atoms with Gasteiger partial charge in [-0.2, -0.15) is 0 Å². The first-order valence-corrected chi connectivity index (χ1v) is 6.37. The Bertz CT molecular complexity index is 239. The monoisotopic (exact) mass is 227 g/mol. The highest BCUT2D eigenvalue weighted by molar-refractivity contribution is 6.40. The lowest BCUT2D eigenvalue weighted by atomic mass is 9.79. The predicted molar refractivity (Wildman–Crippen MR) is 62.5 cm³/mol. The molecular weight excluding hydrogens is 205 g/mol. The summed E-state index contributed by atoms with van der Waals surface area (Å²) in [7, 11) is -1.19. The summed E-state index contributed by atoms with van der Waals surface area (Å²) in [5.41, 5.74) is 6.12. The minimum absolute atomic E-state index is 0.131. The second-order valence-corrected chi connectivity index (χ2v) is 5.52. The lowest BCUT2D eigenvalue weighted by molar-refractivity contribution is 0.163. The van der Waals surface area contributed by atoms with Crippen LogP contribution >= 0.6 is 0 Å². The highest BCUT2D eigenvalue weighted by Gasteiger charge is 2.46. The van der Waals surface area contributed by atoms with E-state index >= 15 is 0 Å². The summed E-state index contributed by atoms with van der Waals surface area (Å²) < 4.78 is 0. The quantitative estimate of drug-likeness (QED) is 0.508. The predicted octanol–water partition coefficient (Wildman–Crippen LogP) is -0.0263. The van der Waals surface area contributed by atoms with Crippen LogP contribution in [-0.2, 0) is 0 Å². The molecule has 0 spiro atoms. The summed E-state index contributed by atoms with van der Waals surface area (Å²) in [4.78, 5) is 0. The third-order valence-electron chi connectivity index (χ3n) is 4.40. The molecule has 0 heterocycles. The Labute approximate surface area is 97.0 Å². The molecule has 0 aromatic rings. The molecule has 0 aromatic carbocycles. The molecule has 5 heteroatoms. The largest absolute Gasteiger partial charge is 0.451 e. The highest BCUT2D eigenvalue weighted by atomic mass is 16.4. The van der Waals surface area contributed by atoms with E-state index in [1.54, 1.807) is 0 Å².